The van der Waals surface area contributed by atoms with E-state index < -0.39 is 12.5 Å². The van der Waals surface area contributed by atoms with Crippen LogP contribution < -0.4 is 4.74 Å². The molecule has 1 aromatic carbocycles. The topological polar surface area (TPSA) is 42.4 Å². The van der Waals surface area contributed by atoms with Gasteiger partial charge in [-0.3, -0.25) is 4.98 Å². The monoisotopic (exact) mass is 297 g/mol. The van der Waals surface area contributed by atoms with Crippen molar-refractivity contribution in [2.45, 2.75) is 25.8 Å². The minimum absolute atomic E-state index is 0.296. The first-order valence-corrected chi connectivity index (χ1v) is 6.38. The van der Waals surface area contributed by atoms with Crippen LogP contribution in [0, 0.1) is 0 Å². The van der Waals surface area contributed by atoms with Crippen LogP contribution in [0.1, 0.15) is 29.8 Å². The van der Waals surface area contributed by atoms with Gasteiger partial charge in [0.15, 0.2) is 0 Å². The van der Waals surface area contributed by atoms with Crippen LogP contribution in [-0.2, 0) is 6.42 Å². The molecule has 0 aliphatic rings. The Hall–Kier alpha value is -2.08. The summed E-state index contributed by atoms with van der Waals surface area (Å²) in [6.45, 7) is 1.91. The van der Waals surface area contributed by atoms with Crippen LogP contribution in [0.2, 0.25) is 0 Å². The Bertz CT molecular complexity index is 614. The summed E-state index contributed by atoms with van der Waals surface area (Å²) >= 11 is 0. The summed E-state index contributed by atoms with van der Waals surface area (Å²) in [6, 6.07) is 8.84. The van der Waals surface area contributed by atoms with Crippen LogP contribution in [0.5, 0.6) is 5.75 Å². The summed E-state index contributed by atoms with van der Waals surface area (Å²) in [4.78, 5) is 4.12. The molecule has 21 heavy (non-hydrogen) atoms. The van der Waals surface area contributed by atoms with Gasteiger partial charge in [0.2, 0.25) is 0 Å². The lowest BCUT2D eigenvalue weighted by molar-refractivity contribution is -0.274. The number of aliphatic hydroxyl groups is 1. The van der Waals surface area contributed by atoms with Gasteiger partial charge in [0.25, 0.3) is 0 Å². The van der Waals surface area contributed by atoms with Crippen LogP contribution in [0.3, 0.4) is 0 Å². The Kier molecular flexibility index (Phi) is 4.47. The second-order valence-corrected chi connectivity index (χ2v) is 4.42. The number of pyridine rings is 1. The molecule has 1 heterocycles. The second-order valence-electron chi connectivity index (χ2n) is 4.42. The minimum atomic E-state index is -4.76. The van der Waals surface area contributed by atoms with Gasteiger partial charge in [0.1, 0.15) is 11.9 Å². The van der Waals surface area contributed by atoms with E-state index in [9.17, 15) is 18.3 Å². The molecule has 0 saturated carbocycles. The third kappa shape index (κ3) is 3.95. The van der Waals surface area contributed by atoms with Crippen molar-refractivity contribution in [3.8, 4) is 5.75 Å². The molecule has 0 fully saturated rings. The highest BCUT2D eigenvalue weighted by Gasteiger charge is 2.31. The highest BCUT2D eigenvalue weighted by atomic mass is 19.4. The average molecular weight is 297 g/mol. The predicted molar refractivity (Wildman–Crippen MR) is 70.8 cm³/mol. The van der Waals surface area contributed by atoms with Gasteiger partial charge < -0.3 is 9.84 Å². The summed E-state index contributed by atoms with van der Waals surface area (Å²) in [5.74, 6) is -0.368. The number of nitrogens with zero attached hydrogens (tertiary/aromatic N) is 1. The van der Waals surface area contributed by atoms with Crippen LogP contribution in [0.25, 0.3) is 0 Å². The summed E-state index contributed by atoms with van der Waals surface area (Å²) < 4.78 is 40.5. The molecule has 1 unspecified atom stereocenters. The lowest BCUT2D eigenvalue weighted by atomic mass is 10.0. The van der Waals surface area contributed by atoms with Crippen molar-refractivity contribution in [2.75, 3.05) is 0 Å². The molecule has 112 valence electrons. The van der Waals surface area contributed by atoms with E-state index in [1.165, 1.54) is 24.4 Å². The lowest BCUT2D eigenvalue weighted by Crippen LogP contribution is -2.17. The number of hydrogen-bond acceptors (Lipinski definition) is 3. The van der Waals surface area contributed by atoms with Gasteiger partial charge in [0, 0.05) is 6.20 Å². The van der Waals surface area contributed by atoms with Gasteiger partial charge in [-0.15, -0.1) is 13.2 Å². The molecule has 0 amide bonds. The van der Waals surface area contributed by atoms with Gasteiger partial charge in [-0.2, -0.15) is 0 Å². The van der Waals surface area contributed by atoms with Gasteiger partial charge in [0.05, 0.1) is 5.69 Å². The number of aliphatic hydroxyl groups excluding tert-OH is 1. The maximum Gasteiger partial charge on any atom is 0.573 e. The molecule has 1 atom stereocenters. The van der Waals surface area contributed by atoms with Crippen molar-refractivity contribution in [3.05, 3.63) is 59.4 Å². The number of aryl methyl sites for hydroxylation is 1. The Morgan fingerprint density at radius 3 is 2.67 bits per heavy atom. The molecule has 2 rings (SSSR count). The van der Waals surface area contributed by atoms with Crippen molar-refractivity contribution < 1.29 is 23.0 Å². The summed E-state index contributed by atoms with van der Waals surface area (Å²) in [6.07, 6.45) is -3.66. The smallest absolute Gasteiger partial charge is 0.406 e. The normalized spacial score (nSPS) is 13.0. The van der Waals surface area contributed by atoms with Crippen LogP contribution in [-0.4, -0.2) is 16.5 Å². The number of rotatable bonds is 4. The molecule has 1 aromatic heterocycles. The number of alkyl halides is 3. The number of hydrogen-bond donors (Lipinski definition) is 1. The molecule has 2 aromatic rings. The first-order valence-electron chi connectivity index (χ1n) is 6.38. The zero-order valence-corrected chi connectivity index (χ0v) is 11.3. The van der Waals surface area contributed by atoms with Crippen molar-refractivity contribution in [2.24, 2.45) is 0 Å². The Morgan fingerprint density at radius 1 is 1.24 bits per heavy atom. The highest BCUT2D eigenvalue weighted by Crippen LogP contribution is 2.28. The quantitative estimate of drug-likeness (QED) is 0.937. The Balaban J connectivity index is 2.31. The molecule has 0 spiro atoms. The maximum absolute atomic E-state index is 12.2. The summed E-state index contributed by atoms with van der Waals surface area (Å²) in [5.41, 5.74) is 1.57. The number of benzene rings is 1. The predicted octanol–water partition coefficient (Wildman–Crippen LogP) is 3.62. The fourth-order valence-corrected chi connectivity index (χ4v) is 2.04. The van der Waals surface area contributed by atoms with E-state index in [1.54, 1.807) is 6.07 Å². The van der Waals surface area contributed by atoms with Gasteiger partial charge in [-0.1, -0.05) is 25.1 Å². The third-order valence-electron chi connectivity index (χ3n) is 2.97. The number of aromatic nitrogens is 1. The summed E-state index contributed by atoms with van der Waals surface area (Å²) in [7, 11) is 0. The van der Waals surface area contributed by atoms with Gasteiger partial charge >= 0.3 is 6.36 Å². The van der Waals surface area contributed by atoms with Gasteiger partial charge in [-0.05, 0) is 35.7 Å². The van der Waals surface area contributed by atoms with E-state index in [0.717, 1.165) is 11.6 Å². The van der Waals surface area contributed by atoms with Gasteiger partial charge in [-0.25, -0.2) is 0 Å². The van der Waals surface area contributed by atoms with Crippen LogP contribution in [0.15, 0.2) is 42.6 Å². The first-order chi connectivity index (χ1) is 9.90. The van der Waals surface area contributed by atoms with Crippen molar-refractivity contribution in [1.29, 1.82) is 0 Å². The standard InChI is InChI=1S/C15H14F3NO2/c1-2-10-6-4-8-19-13(10)14(20)11-5-3-7-12(9-11)21-15(16,17)18/h3-9,14,20H,2H2,1H3. The molecule has 0 saturated heterocycles. The van der Waals surface area contributed by atoms with Crippen molar-refractivity contribution in [1.82, 2.24) is 4.98 Å². The van der Waals surface area contributed by atoms with E-state index in [2.05, 4.69) is 9.72 Å². The fourth-order valence-electron chi connectivity index (χ4n) is 2.04. The lowest BCUT2D eigenvalue weighted by Gasteiger charge is -2.15. The molecular weight excluding hydrogens is 283 g/mol. The Morgan fingerprint density at radius 2 is 2.00 bits per heavy atom. The second kappa shape index (κ2) is 6.13. The molecular formula is C15H14F3NO2. The number of halogens is 3. The molecule has 1 N–H and O–H groups in total. The van der Waals surface area contributed by atoms with E-state index in [1.807, 2.05) is 13.0 Å². The third-order valence-corrected chi connectivity index (χ3v) is 2.97. The van der Waals surface area contributed by atoms with Crippen molar-refractivity contribution in [3.63, 3.8) is 0 Å². The molecule has 0 aliphatic heterocycles. The van der Waals surface area contributed by atoms with E-state index >= 15 is 0 Å². The maximum atomic E-state index is 12.2. The zero-order valence-electron chi connectivity index (χ0n) is 11.3. The molecule has 0 bridgehead atoms. The largest absolute Gasteiger partial charge is 0.573 e. The van der Waals surface area contributed by atoms with Crippen LogP contribution >= 0.6 is 0 Å². The fraction of sp³-hybridized carbons (Fsp3) is 0.267. The highest BCUT2D eigenvalue weighted by molar-refractivity contribution is 5.35. The van der Waals surface area contributed by atoms with E-state index in [4.69, 9.17) is 0 Å². The molecule has 6 heteroatoms. The SMILES string of the molecule is CCc1cccnc1C(O)c1cccc(OC(F)(F)F)c1. The van der Waals surface area contributed by atoms with E-state index in [-0.39, 0.29) is 5.75 Å². The molecule has 0 radical (unpaired) electrons. The first kappa shape index (κ1) is 15.3. The van der Waals surface area contributed by atoms with Crippen LogP contribution in [0.4, 0.5) is 13.2 Å². The van der Waals surface area contributed by atoms with E-state index in [0.29, 0.717) is 17.7 Å². The average Bonchev–Trinajstić information content (AvgIpc) is 2.45. The zero-order chi connectivity index (χ0) is 15.5. The summed E-state index contributed by atoms with van der Waals surface area (Å²) in [5, 5.41) is 10.3. The van der Waals surface area contributed by atoms with Crippen molar-refractivity contribution >= 4 is 0 Å². The molecule has 3 nitrogen and oxygen atoms in total. The molecule has 0 aliphatic carbocycles. The number of ether oxygens (including phenoxy) is 1. The Labute approximate surface area is 120 Å². The minimum Gasteiger partial charge on any atom is -0.406 e.